The normalized spacial score (nSPS) is 11.5. The van der Waals surface area contributed by atoms with E-state index in [0.717, 1.165) is 0 Å². The number of hydrogen-bond donors (Lipinski definition) is 0. The molecular weight excluding hydrogens is 132 g/mol. The molecule has 0 aromatic carbocycles. The SMILES string of the molecule is CC(N=[N+]=[N-])C(=O)N(C)C. The lowest BCUT2D eigenvalue weighted by molar-refractivity contribution is -0.129. The standard InChI is InChI=1S/C5H10N4O/c1-4(7-8-6)5(10)9(2)3/h4H,1-3H3. The van der Waals surface area contributed by atoms with Gasteiger partial charge in [0, 0.05) is 19.0 Å². The number of likely N-dealkylation sites (N-methyl/N-ethyl adjacent to an activating group) is 1. The van der Waals surface area contributed by atoms with Gasteiger partial charge in [-0.3, -0.25) is 4.79 Å². The van der Waals surface area contributed by atoms with E-state index in [4.69, 9.17) is 5.53 Å². The zero-order chi connectivity index (χ0) is 8.15. The summed E-state index contributed by atoms with van der Waals surface area (Å²) in [6.07, 6.45) is 0. The molecule has 0 saturated heterocycles. The molecule has 0 heterocycles. The van der Waals surface area contributed by atoms with Gasteiger partial charge in [0.05, 0.1) is 0 Å². The fraction of sp³-hybridized carbons (Fsp3) is 0.800. The summed E-state index contributed by atoms with van der Waals surface area (Å²) < 4.78 is 0. The van der Waals surface area contributed by atoms with Gasteiger partial charge in [0.1, 0.15) is 6.04 Å². The summed E-state index contributed by atoms with van der Waals surface area (Å²) in [5, 5.41) is 3.24. The third-order valence-corrected chi connectivity index (χ3v) is 1.02. The third kappa shape index (κ3) is 2.37. The van der Waals surface area contributed by atoms with E-state index in [1.54, 1.807) is 21.0 Å². The largest absolute Gasteiger partial charge is 0.348 e. The highest BCUT2D eigenvalue weighted by Gasteiger charge is 2.11. The van der Waals surface area contributed by atoms with Gasteiger partial charge in [-0.15, -0.1) is 0 Å². The zero-order valence-electron chi connectivity index (χ0n) is 6.27. The molecule has 0 aliphatic heterocycles. The first kappa shape index (κ1) is 8.78. The molecule has 0 spiro atoms. The molecule has 0 rings (SSSR count). The zero-order valence-corrected chi connectivity index (χ0v) is 6.27. The van der Waals surface area contributed by atoms with Crippen molar-refractivity contribution in [2.24, 2.45) is 5.11 Å². The first-order valence-corrected chi connectivity index (χ1v) is 2.85. The lowest BCUT2D eigenvalue weighted by Gasteiger charge is -2.11. The molecule has 1 amide bonds. The lowest BCUT2D eigenvalue weighted by atomic mass is 10.3. The predicted octanol–water partition coefficient (Wildman–Crippen LogP) is 0.773. The van der Waals surface area contributed by atoms with Gasteiger partial charge in [0.15, 0.2) is 0 Å². The first-order valence-electron chi connectivity index (χ1n) is 2.85. The van der Waals surface area contributed by atoms with E-state index >= 15 is 0 Å². The van der Waals surface area contributed by atoms with E-state index in [9.17, 15) is 4.79 Å². The van der Waals surface area contributed by atoms with Crippen LogP contribution in [0.3, 0.4) is 0 Å². The van der Waals surface area contributed by atoms with Gasteiger partial charge < -0.3 is 4.90 Å². The van der Waals surface area contributed by atoms with Crippen LogP contribution < -0.4 is 0 Å². The Balaban J connectivity index is 4.07. The van der Waals surface area contributed by atoms with Crippen molar-refractivity contribution >= 4 is 5.91 Å². The van der Waals surface area contributed by atoms with Crippen LogP contribution >= 0.6 is 0 Å². The van der Waals surface area contributed by atoms with Crippen LogP contribution in [0.25, 0.3) is 10.4 Å². The van der Waals surface area contributed by atoms with Crippen molar-refractivity contribution in [3.63, 3.8) is 0 Å². The van der Waals surface area contributed by atoms with Crippen molar-refractivity contribution in [2.45, 2.75) is 13.0 Å². The van der Waals surface area contributed by atoms with E-state index in [2.05, 4.69) is 10.0 Å². The number of azide groups is 1. The van der Waals surface area contributed by atoms with Gasteiger partial charge in [-0.25, -0.2) is 0 Å². The summed E-state index contributed by atoms with van der Waals surface area (Å²) in [4.78, 5) is 14.8. The lowest BCUT2D eigenvalue weighted by Crippen LogP contribution is -2.29. The van der Waals surface area contributed by atoms with Crippen LogP contribution in [0.5, 0.6) is 0 Å². The number of amides is 1. The van der Waals surface area contributed by atoms with Crippen LogP contribution in [-0.4, -0.2) is 30.9 Å². The second kappa shape index (κ2) is 3.74. The van der Waals surface area contributed by atoms with Gasteiger partial charge in [0.2, 0.25) is 5.91 Å². The molecule has 56 valence electrons. The molecule has 1 atom stereocenters. The Bertz CT molecular complexity index is 170. The number of nitrogens with zero attached hydrogens (tertiary/aromatic N) is 4. The summed E-state index contributed by atoms with van der Waals surface area (Å²) in [6, 6.07) is -0.597. The van der Waals surface area contributed by atoms with Crippen LogP contribution in [0, 0.1) is 0 Å². The Morgan fingerprint density at radius 2 is 2.20 bits per heavy atom. The maximum atomic E-state index is 10.9. The van der Waals surface area contributed by atoms with Gasteiger partial charge in [0.25, 0.3) is 0 Å². The van der Waals surface area contributed by atoms with Crippen molar-refractivity contribution in [1.82, 2.24) is 4.90 Å². The maximum Gasteiger partial charge on any atom is 0.230 e. The van der Waals surface area contributed by atoms with Gasteiger partial charge in [-0.1, -0.05) is 5.11 Å². The monoisotopic (exact) mass is 142 g/mol. The summed E-state index contributed by atoms with van der Waals surface area (Å²) in [5.74, 6) is -0.183. The second-order valence-corrected chi connectivity index (χ2v) is 2.11. The molecule has 0 aliphatic rings. The molecule has 0 bridgehead atoms. The molecule has 10 heavy (non-hydrogen) atoms. The Kier molecular flexibility index (Phi) is 3.28. The van der Waals surface area contributed by atoms with Crippen molar-refractivity contribution < 1.29 is 4.79 Å². The van der Waals surface area contributed by atoms with Crippen LogP contribution in [0.15, 0.2) is 5.11 Å². The minimum absolute atomic E-state index is 0.183. The highest BCUT2D eigenvalue weighted by Crippen LogP contribution is 1.93. The highest BCUT2D eigenvalue weighted by molar-refractivity contribution is 5.80. The van der Waals surface area contributed by atoms with E-state index in [0.29, 0.717) is 0 Å². The van der Waals surface area contributed by atoms with Crippen LogP contribution in [0.4, 0.5) is 0 Å². The average molecular weight is 142 g/mol. The smallest absolute Gasteiger partial charge is 0.230 e. The van der Waals surface area contributed by atoms with E-state index in [-0.39, 0.29) is 5.91 Å². The number of hydrogen-bond acceptors (Lipinski definition) is 2. The topological polar surface area (TPSA) is 69.1 Å². The molecule has 0 radical (unpaired) electrons. The summed E-state index contributed by atoms with van der Waals surface area (Å²) in [6.45, 7) is 1.56. The van der Waals surface area contributed by atoms with Gasteiger partial charge in [-0.2, -0.15) is 0 Å². The van der Waals surface area contributed by atoms with E-state index in [1.165, 1.54) is 4.90 Å². The summed E-state index contributed by atoms with van der Waals surface area (Å²) in [7, 11) is 3.23. The highest BCUT2D eigenvalue weighted by atomic mass is 16.2. The number of carbonyl (C=O) groups excluding carboxylic acids is 1. The average Bonchev–Trinajstić information content (AvgIpc) is 1.87. The molecule has 0 aliphatic carbocycles. The predicted molar refractivity (Wildman–Crippen MR) is 37.3 cm³/mol. The Labute approximate surface area is 59.3 Å². The Morgan fingerprint density at radius 3 is 2.50 bits per heavy atom. The molecular formula is C5H10N4O. The molecule has 0 saturated carbocycles. The van der Waals surface area contributed by atoms with Crippen LogP contribution in [-0.2, 0) is 4.79 Å². The van der Waals surface area contributed by atoms with Crippen LogP contribution in [0.1, 0.15) is 6.92 Å². The fourth-order valence-electron chi connectivity index (χ4n) is 0.501. The molecule has 0 N–H and O–H groups in total. The minimum atomic E-state index is -0.597. The number of rotatable bonds is 2. The second-order valence-electron chi connectivity index (χ2n) is 2.11. The fourth-order valence-corrected chi connectivity index (χ4v) is 0.501. The number of carbonyl (C=O) groups is 1. The molecule has 1 unspecified atom stereocenters. The molecule has 0 fully saturated rings. The first-order chi connectivity index (χ1) is 4.59. The Hall–Kier alpha value is -1.22. The minimum Gasteiger partial charge on any atom is -0.348 e. The van der Waals surface area contributed by atoms with Gasteiger partial charge in [-0.05, 0) is 12.5 Å². The molecule has 5 heteroatoms. The van der Waals surface area contributed by atoms with E-state index in [1.807, 2.05) is 0 Å². The van der Waals surface area contributed by atoms with Crippen molar-refractivity contribution in [3.8, 4) is 0 Å². The third-order valence-electron chi connectivity index (χ3n) is 1.02. The molecule has 0 aromatic heterocycles. The Morgan fingerprint density at radius 1 is 1.70 bits per heavy atom. The van der Waals surface area contributed by atoms with Crippen LogP contribution in [0.2, 0.25) is 0 Å². The van der Waals surface area contributed by atoms with Gasteiger partial charge >= 0.3 is 0 Å². The van der Waals surface area contributed by atoms with Crippen molar-refractivity contribution in [3.05, 3.63) is 10.4 Å². The molecule has 0 aromatic rings. The molecule has 5 nitrogen and oxygen atoms in total. The van der Waals surface area contributed by atoms with E-state index < -0.39 is 6.04 Å². The maximum absolute atomic E-state index is 10.9. The van der Waals surface area contributed by atoms with Crippen molar-refractivity contribution in [1.29, 1.82) is 0 Å². The summed E-state index contributed by atoms with van der Waals surface area (Å²) >= 11 is 0. The quantitative estimate of drug-likeness (QED) is 0.319. The summed E-state index contributed by atoms with van der Waals surface area (Å²) in [5.41, 5.74) is 7.95. The van der Waals surface area contributed by atoms with Crippen molar-refractivity contribution in [2.75, 3.05) is 14.1 Å².